The van der Waals surface area contributed by atoms with Gasteiger partial charge in [-0.15, -0.1) is 0 Å². The van der Waals surface area contributed by atoms with Gasteiger partial charge in [0.1, 0.15) is 11.4 Å². The fraction of sp³-hybridized carbons (Fsp3) is 0.125. The molecule has 2 aromatic heterocycles. The average molecular weight is 202 g/mol. The van der Waals surface area contributed by atoms with Crippen LogP contribution in [0, 0.1) is 0 Å². The first-order valence-electron chi connectivity index (χ1n) is 3.72. The molecule has 3 nitrogen and oxygen atoms in total. The third-order valence-corrected chi connectivity index (χ3v) is 1.73. The lowest BCUT2D eigenvalue weighted by Crippen LogP contribution is -2.04. The van der Waals surface area contributed by atoms with Gasteiger partial charge in [-0.3, -0.25) is 0 Å². The van der Waals surface area contributed by atoms with Gasteiger partial charge in [0.05, 0.1) is 6.20 Å². The fourth-order valence-electron chi connectivity index (χ4n) is 1.12. The molecule has 0 aliphatic heterocycles. The molecule has 0 fully saturated rings. The number of aromatic hydroxyl groups is 1. The van der Waals surface area contributed by atoms with Crippen molar-refractivity contribution in [2.75, 3.05) is 0 Å². The molecular formula is C8H5F3N2O. The molecule has 74 valence electrons. The van der Waals surface area contributed by atoms with Gasteiger partial charge < -0.3 is 9.51 Å². The molecule has 0 bridgehead atoms. The number of fused-ring (bicyclic) bond motifs is 1. The molecule has 0 aromatic carbocycles. The van der Waals surface area contributed by atoms with Crippen molar-refractivity contribution in [2.45, 2.75) is 6.18 Å². The van der Waals surface area contributed by atoms with E-state index in [1.54, 1.807) is 0 Å². The lowest BCUT2D eigenvalue weighted by atomic mass is 10.4. The van der Waals surface area contributed by atoms with Crippen molar-refractivity contribution in [1.29, 1.82) is 0 Å². The number of nitrogens with zero attached hydrogens (tertiary/aromatic N) is 2. The monoisotopic (exact) mass is 202 g/mol. The quantitative estimate of drug-likeness (QED) is 0.709. The standard InChI is InChI=1S/C8H5F3N2O/c9-8(10,11)6-4-13-3-5(14)1-2-7(13)12-6/h1-4,14H. The molecule has 14 heavy (non-hydrogen) atoms. The Kier molecular flexibility index (Phi) is 1.67. The minimum atomic E-state index is -4.46. The van der Waals surface area contributed by atoms with E-state index in [1.165, 1.54) is 12.1 Å². The molecular weight excluding hydrogens is 197 g/mol. The Morgan fingerprint density at radius 2 is 1.93 bits per heavy atom. The van der Waals surface area contributed by atoms with Gasteiger partial charge in [0.25, 0.3) is 0 Å². The Morgan fingerprint density at radius 3 is 2.57 bits per heavy atom. The average Bonchev–Trinajstić information content (AvgIpc) is 2.45. The molecule has 1 N–H and O–H groups in total. The van der Waals surface area contributed by atoms with Crippen LogP contribution in [-0.4, -0.2) is 14.5 Å². The van der Waals surface area contributed by atoms with Gasteiger partial charge in [0, 0.05) is 6.20 Å². The first kappa shape index (κ1) is 8.86. The zero-order valence-corrected chi connectivity index (χ0v) is 6.78. The number of aromatic nitrogens is 2. The normalized spacial score (nSPS) is 12.2. The van der Waals surface area contributed by atoms with E-state index < -0.39 is 11.9 Å². The summed E-state index contributed by atoms with van der Waals surface area (Å²) in [6.45, 7) is 0. The van der Waals surface area contributed by atoms with Crippen LogP contribution in [0.15, 0.2) is 24.5 Å². The third-order valence-electron chi connectivity index (χ3n) is 1.73. The summed E-state index contributed by atoms with van der Waals surface area (Å²) in [5.41, 5.74) is -0.821. The van der Waals surface area contributed by atoms with Crippen LogP contribution in [0.2, 0.25) is 0 Å². The van der Waals surface area contributed by atoms with Gasteiger partial charge in [-0.1, -0.05) is 0 Å². The number of hydrogen-bond acceptors (Lipinski definition) is 2. The Morgan fingerprint density at radius 1 is 1.21 bits per heavy atom. The maximum Gasteiger partial charge on any atom is 0.434 e. The molecule has 0 amide bonds. The van der Waals surface area contributed by atoms with Gasteiger partial charge in [-0.05, 0) is 12.1 Å². The largest absolute Gasteiger partial charge is 0.506 e. The SMILES string of the molecule is Oc1ccc2nc(C(F)(F)F)cn2c1. The summed E-state index contributed by atoms with van der Waals surface area (Å²) in [5.74, 6) is -0.108. The van der Waals surface area contributed by atoms with Crippen molar-refractivity contribution in [3.8, 4) is 5.75 Å². The number of rotatable bonds is 0. The van der Waals surface area contributed by atoms with E-state index in [-0.39, 0.29) is 11.4 Å². The van der Waals surface area contributed by atoms with E-state index >= 15 is 0 Å². The van der Waals surface area contributed by atoms with Crippen molar-refractivity contribution in [3.63, 3.8) is 0 Å². The molecule has 2 rings (SSSR count). The number of hydrogen-bond donors (Lipinski definition) is 1. The summed E-state index contributed by atoms with van der Waals surface area (Å²) in [6.07, 6.45) is -2.46. The minimum Gasteiger partial charge on any atom is -0.506 e. The molecule has 0 aliphatic carbocycles. The van der Waals surface area contributed by atoms with E-state index in [0.29, 0.717) is 0 Å². The van der Waals surface area contributed by atoms with E-state index in [2.05, 4.69) is 4.98 Å². The molecule has 0 spiro atoms. The summed E-state index contributed by atoms with van der Waals surface area (Å²) >= 11 is 0. The predicted octanol–water partition coefficient (Wildman–Crippen LogP) is 2.06. The van der Waals surface area contributed by atoms with E-state index in [0.717, 1.165) is 16.8 Å². The van der Waals surface area contributed by atoms with Crippen molar-refractivity contribution in [3.05, 3.63) is 30.2 Å². The molecule has 6 heteroatoms. The lowest BCUT2D eigenvalue weighted by molar-refractivity contribution is -0.140. The molecule has 0 saturated carbocycles. The number of pyridine rings is 1. The third kappa shape index (κ3) is 1.39. The number of alkyl halides is 3. The molecule has 2 aromatic rings. The van der Waals surface area contributed by atoms with Crippen LogP contribution >= 0.6 is 0 Å². The Balaban J connectivity index is 2.63. The zero-order valence-electron chi connectivity index (χ0n) is 6.78. The summed E-state index contributed by atoms with van der Waals surface area (Å²) < 4.78 is 37.7. The smallest absolute Gasteiger partial charge is 0.434 e. The second-order valence-corrected chi connectivity index (χ2v) is 2.78. The highest BCUT2D eigenvalue weighted by Crippen LogP contribution is 2.28. The topological polar surface area (TPSA) is 37.5 Å². The predicted molar refractivity (Wildman–Crippen MR) is 41.9 cm³/mol. The van der Waals surface area contributed by atoms with Gasteiger partial charge in [-0.25, -0.2) is 4.98 Å². The first-order chi connectivity index (χ1) is 6.47. The number of imidazole rings is 1. The van der Waals surface area contributed by atoms with E-state index in [1.807, 2.05) is 0 Å². The zero-order chi connectivity index (χ0) is 10.3. The fourth-order valence-corrected chi connectivity index (χ4v) is 1.12. The van der Waals surface area contributed by atoms with Crippen molar-refractivity contribution < 1.29 is 18.3 Å². The Hall–Kier alpha value is -1.72. The van der Waals surface area contributed by atoms with Gasteiger partial charge >= 0.3 is 6.18 Å². The van der Waals surface area contributed by atoms with Crippen LogP contribution in [0.25, 0.3) is 5.65 Å². The van der Waals surface area contributed by atoms with Crippen molar-refractivity contribution >= 4 is 5.65 Å². The van der Waals surface area contributed by atoms with Crippen LogP contribution in [0.1, 0.15) is 5.69 Å². The van der Waals surface area contributed by atoms with Crippen molar-refractivity contribution in [1.82, 2.24) is 9.38 Å². The summed E-state index contributed by atoms with van der Waals surface area (Å²) in [5, 5.41) is 9.01. The minimum absolute atomic E-state index is 0.108. The Bertz CT molecular complexity index is 475. The molecule has 2 heterocycles. The summed E-state index contributed by atoms with van der Waals surface area (Å²) in [4.78, 5) is 3.35. The molecule has 0 radical (unpaired) electrons. The van der Waals surface area contributed by atoms with Crippen molar-refractivity contribution in [2.24, 2.45) is 0 Å². The van der Waals surface area contributed by atoms with Gasteiger partial charge in [-0.2, -0.15) is 13.2 Å². The second-order valence-electron chi connectivity index (χ2n) is 2.78. The highest BCUT2D eigenvalue weighted by atomic mass is 19.4. The number of halogens is 3. The van der Waals surface area contributed by atoms with Crippen LogP contribution < -0.4 is 0 Å². The van der Waals surface area contributed by atoms with E-state index in [9.17, 15) is 13.2 Å². The Labute approximate surface area is 76.4 Å². The van der Waals surface area contributed by atoms with Crippen LogP contribution in [-0.2, 0) is 6.18 Å². The van der Waals surface area contributed by atoms with Crippen LogP contribution in [0.4, 0.5) is 13.2 Å². The van der Waals surface area contributed by atoms with E-state index in [4.69, 9.17) is 5.11 Å². The summed E-state index contributed by atoms with van der Waals surface area (Å²) in [7, 11) is 0. The molecule has 0 aliphatic rings. The first-order valence-corrected chi connectivity index (χ1v) is 3.72. The van der Waals surface area contributed by atoms with Gasteiger partial charge in [0.2, 0.25) is 0 Å². The highest BCUT2D eigenvalue weighted by Gasteiger charge is 2.33. The molecule has 0 saturated heterocycles. The maximum atomic E-state index is 12.2. The molecule has 0 atom stereocenters. The molecule has 0 unspecified atom stereocenters. The summed E-state index contributed by atoms with van der Waals surface area (Å²) in [6, 6.07) is 2.59. The van der Waals surface area contributed by atoms with Gasteiger partial charge in [0.15, 0.2) is 5.69 Å². The second kappa shape index (κ2) is 2.63. The lowest BCUT2D eigenvalue weighted by Gasteiger charge is -1.98. The highest BCUT2D eigenvalue weighted by molar-refractivity contribution is 5.43. The maximum absolute atomic E-state index is 12.2. The van der Waals surface area contributed by atoms with Crippen LogP contribution in [0.3, 0.4) is 0 Å². The van der Waals surface area contributed by atoms with Crippen LogP contribution in [0.5, 0.6) is 5.75 Å².